The summed E-state index contributed by atoms with van der Waals surface area (Å²) in [5.41, 5.74) is -0.646. The highest BCUT2D eigenvalue weighted by Crippen LogP contribution is 2.17. The van der Waals surface area contributed by atoms with Gasteiger partial charge < -0.3 is 12.9 Å². The van der Waals surface area contributed by atoms with E-state index in [2.05, 4.69) is 0 Å². The Labute approximate surface area is 70.0 Å². The first-order valence-electron chi connectivity index (χ1n) is 3.70. The molecule has 0 bridgehead atoms. The van der Waals surface area contributed by atoms with E-state index in [4.69, 9.17) is 0 Å². The van der Waals surface area contributed by atoms with Gasteiger partial charge in [0.1, 0.15) is 0 Å². The van der Waals surface area contributed by atoms with E-state index < -0.39 is 12.6 Å². The molecule has 0 atom stereocenters. The van der Waals surface area contributed by atoms with Crippen molar-refractivity contribution >= 4 is 18.7 Å². The summed E-state index contributed by atoms with van der Waals surface area (Å²) in [4.78, 5) is 0. The first-order chi connectivity index (χ1) is 4.92. The zero-order chi connectivity index (χ0) is 8.91. The normalized spacial score (nSPS) is 12.5. The van der Waals surface area contributed by atoms with E-state index in [9.17, 15) is 12.9 Å². The van der Waals surface area contributed by atoms with Crippen LogP contribution in [0.4, 0.5) is 12.9 Å². The summed E-state index contributed by atoms with van der Waals surface area (Å²) >= 11 is 0.991. The van der Waals surface area contributed by atoms with Crippen LogP contribution in [0.2, 0.25) is 0 Å². The van der Waals surface area contributed by atoms with Gasteiger partial charge in [0.15, 0.2) is 0 Å². The van der Waals surface area contributed by atoms with Gasteiger partial charge in [0.05, 0.1) is 0 Å². The van der Waals surface area contributed by atoms with Gasteiger partial charge in [0, 0.05) is 0 Å². The molecule has 0 aliphatic heterocycles. The monoisotopic (exact) mass is 185 g/mol. The molecular formula is C6H13BF3S-. The van der Waals surface area contributed by atoms with Crippen LogP contribution in [0.25, 0.3) is 0 Å². The molecular weight excluding hydrogens is 172 g/mol. The van der Waals surface area contributed by atoms with E-state index >= 15 is 0 Å². The third-order valence-electron chi connectivity index (χ3n) is 1.15. The standard InChI is InChI=1S/C6H13BF3S/c1-6(2)3-4-11-5-7(8,9)10/h6H,3-5H2,1-2H3/q-1. The molecule has 0 saturated carbocycles. The summed E-state index contributed by atoms with van der Waals surface area (Å²) < 4.78 is 34.9. The highest BCUT2D eigenvalue weighted by atomic mass is 32.2. The summed E-state index contributed by atoms with van der Waals surface area (Å²) in [5.74, 6) is 1.13. The van der Waals surface area contributed by atoms with E-state index in [-0.39, 0.29) is 0 Å². The largest absolute Gasteiger partial charge is 0.488 e. The van der Waals surface area contributed by atoms with Crippen LogP contribution >= 0.6 is 11.8 Å². The Hall–Kier alpha value is 0.205. The summed E-state index contributed by atoms with van der Waals surface area (Å²) in [6.45, 7) is -0.543. The fourth-order valence-corrected chi connectivity index (χ4v) is 1.61. The minimum atomic E-state index is -4.57. The Kier molecular flexibility index (Phi) is 5.05. The summed E-state index contributed by atoms with van der Waals surface area (Å²) in [5, 5.41) is 0. The van der Waals surface area contributed by atoms with E-state index in [1.165, 1.54) is 0 Å². The second-order valence-electron chi connectivity index (χ2n) is 2.97. The molecule has 0 rings (SSSR count). The molecule has 0 aromatic carbocycles. The van der Waals surface area contributed by atoms with Gasteiger partial charge in [-0.1, -0.05) is 13.8 Å². The minimum Gasteiger partial charge on any atom is -0.448 e. The molecule has 0 amide bonds. The molecule has 0 nitrogen and oxygen atoms in total. The van der Waals surface area contributed by atoms with Gasteiger partial charge in [-0.3, -0.25) is 0 Å². The summed E-state index contributed by atoms with van der Waals surface area (Å²) in [6, 6.07) is 0. The maximum absolute atomic E-state index is 11.6. The molecule has 0 radical (unpaired) electrons. The first-order valence-corrected chi connectivity index (χ1v) is 4.86. The lowest BCUT2D eigenvalue weighted by molar-refractivity contribution is 0.485. The maximum Gasteiger partial charge on any atom is 0.488 e. The van der Waals surface area contributed by atoms with Gasteiger partial charge >= 0.3 is 6.98 Å². The molecule has 5 heteroatoms. The lowest BCUT2D eigenvalue weighted by atomic mass is 9.98. The molecule has 0 saturated heterocycles. The Balaban J connectivity index is 3.15. The Morgan fingerprint density at radius 3 is 2.18 bits per heavy atom. The van der Waals surface area contributed by atoms with Crippen molar-refractivity contribution in [2.45, 2.75) is 20.3 Å². The Morgan fingerprint density at radius 1 is 1.27 bits per heavy atom. The molecule has 0 N–H and O–H groups in total. The number of hydrogen-bond donors (Lipinski definition) is 0. The molecule has 11 heavy (non-hydrogen) atoms. The van der Waals surface area contributed by atoms with Crippen molar-refractivity contribution in [3.05, 3.63) is 0 Å². The lowest BCUT2D eigenvalue weighted by Gasteiger charge is -2.12. The van der Waals surface area contributed by atoms with Gasteiger partial charge in [-0.15, -0.1) is 0 Å². The van der Waals surface area contributed by atoms with E-state index in [0.717, 1.165) is 18.2 Å². The molecule has 0 aliphatic rings. The minimum absolute atomic E-state index is 0.503. The smallest absolute Gasteiger partial charge is 0.448 e. The molecule has 68 valence electrons. The second-order valence-corrected chi connectivity index (χ2v) is 4.12. The molecule has 0 aromatic rings. The number of rotatable bonds is 5. The Bertz CT molecular complexity index is 102. The van der Waals surface area contributed by atoms with Crippen molar-refractivity contribution in [1.82, 2.24) is 0 Å². The first kappa shape index (κ1) is 11.2. The van der Waals surface area contributed by atoms with Crippen molar-refractivity contribution in [1.29, 1.82) is 0 Å². The summed E-state index contributed by atoms with van der Waals surface area (Å²) in [6.07, 6.45) is 0.872. The molecule has 0 aliphatic carbocycles. The third-order valence-corrected chi connectivity index (χ3v) is 2.28. The topological polar surface area (TPSA) is 0 Å². The van der Waals surface area contributed by atoms with Crippen molar-refractivity contribution in [2.75, 3.05) is 11.4 Å². The predicted octanol–water partition coefficient (Wildman–Crippen LogP) is 3.15. The van der Waals surface area contributed by atoms with Crippen LogP contribution in [-0.4, -0.2) is 18.4 Å². The number of halogens is 3. The van der Waals surface area contributed by atoms with Crippen LogP contribution in [0.3, 0.4) is 0 Å². The lowest BCUT2D eigenvalue weighted by Crippen LogP contribution is -2.19. The second kappa shape index (κ2) is 4.96. The average molecular weight is 185 g/mol. The SMILES string of the molecule is CC(C)CCSC[B-](F)(F)F. The molecule has 0 aromatic heterocycles. The fraction of sp³-hybridized carbons (Fsp3) is 1.00. The molecule has 0 unspecified atom stereocenters. The Morgan fingerprint density at radius 2 is 1.82 bits per heavy atom. The van der Waals surface area contributed by atoms with Gasteiger partial charge in [0.2, 0.25) is 0 Å². The van der Waals surface area contributed by atoms with Crippen LogP contribution in [-0.2, 0) is 0 Å². The fourth-order valence-electron chi connectivity index (χ4n) is 0.536. The number of hydrogen-bond acceptors (Lipinski definition) is 1. The average Bonchev–Trinajstić information content (AvgIpc) is 1.78. The van der Waals surface area contributed by atoms with Crippen LogP contribution in [0.15, 0.2) is 0 Å². The van der Waals surface area contributed by atoms with Crippen LogP contribution < -0.4 is 0 Å². The highest BCUT2D eigenvalue weighted by molar-refractivity contribution is 8.00. The zero-order valence-electron chi connectivity index (χ0n) is 6.82. The zero-order valence-corrected chi connectivity index (χ0v) is 7.63. The van der Waals surface area contributed by atoms with E-state index in [1.54, 1.807) is 0 Å². The van der Waals surface area contributed by atoms with E-state index in [1.807, 2.05) is 13.8 Å². The quantitative estimate of drug-likeness (QED) is 0.468. The number of thioether (sulfide) groups is 1. The molecule has 0 heterocycles. The van der Waals surface area contributed by atoms with Crippen LogP contribution in [0.5, 0.6) is 0 Å². The highest BCUT2D eigenvalue weighted by Gasteiger charge is 2.21. The van der Waals surface area contributed by atoms with Crippen LogP contribution in [0, 0.1) is 5.92 Å². The third kappa shape index (κ3) is 10.2. The molecule has 0 spiro atoms. The van der Waals surface area contributed by atoms with Gasteiger partial charge in [0.25, 0.3) is 0 Å². The van der Waals surface area contributed by atoms with Crippen LogP contribution in [0.1, 0.15) is 20.3 Å². The predicted molar refractivity (Wildman–Crippen MR) is 45.9 cm³/mol. The molecule has 0 fully saturated rings. The van der Waals surface area contributed by atoms with Crippen molar-refractivity contribution in [3.63, 3.8) is 0 Å². The van der Waals surface area contributed by atoms with Gasteiger partial charge in [-0.2, -0.15) is 11.8 Å². The van der Waals surface area contributed by atoms with E-state index in [0.29, 0.717) is 11.7 Å². The van der Waals surface area contributed by atoms with Crippen molar-refractivity contribution in [2.24, 2.45) is 5.92 Å². The van der Waals surface area contributed by atoms with Gasteiger partial charge in [-0.05, 0) is 23.7 Å². The van der Waals surface area contributed by atoms with Crippen molar-refractivity contribution in [3.8, 4) is 0 Å². The maximum atomic E-state index is 11.6. The van der Waals surface area contributed by atoms with Crippen molar-refractivity contribution < 1.29 is 12.9 Å². The summed E-state index contributed by atoms with van der Waals surface area (Å²) in [7, 11) is 0. The van der Waals surface area contributed by atoms with Gasteiger partial charge in [-0.25, -0.2) is 0 Å².